The summed E-state index contributed by atoms with van der Waals surface area (Å²) in [6, 6.07) is 17.7. The normalized spacial score (nSPS) is 16.6. The summed E-state index contributed by atoms with van der Waals surface area (Å²) < 4.78 is 1.57. The molecule has 8 heteroatoms. The van der Waals surface area contributed by atoms with Crippen molar-refractivity contribution in [3.05, 3.63) is 70.8 Å². The van der Waals surface area contributed by atoms with Gasteiger partial charge in [-0.2, -0.15) is 9.67 Å². The maximum atomic E-state index is 6.29. The zero-order chi connectivity index (χ0) is 26.8. The van der Waals surface area contributed by atoms with E-state index in [-0.39, 0.29) is 5.95 Å². The van der Waals surface area contributed by atoms with Gasteiger partial charge >= 0.3 is 0 Å². The third-order valence-electron chi connectivity index (χ3n) is 8.02. The summed E-state index contributed by atoms with van der Waals surface area (Å²) in [6.45, 7) is 5.67. The Labute approximate surface area is 230 Å². The number of nitrogens with one attached hydrogen (secondary N) is 2. The van der Waals surface area contributed by atoms with Crippen LogP contribution in [-0.4, -0.2) is 37.5 Å². The van der Waals surface area contributed by atoms with Crippen molar-refractivity contribution in [3.8, 4) is 17.1 Å². The average Bonchev–Trinajstić information content (AvgIpc) is 3.08. The molecule has 39 heavy (non-hydrogen) atoms. The molecule has 0 unspecified atom stereocenters. The van der Waals surface area contributed by atoms with Crippen LogP contribution in [0.4, 0.5) is 17.6 Å². The van der Waals surface area contributed by atoms with Crippen molar-refractivity contribution in [2.24, 2.45) is 5.92 Å². The van der Waals surface area contributed by atoms with Crippen molar-refractivity contribution in [1.29, 1.82) is 0 Å². The second-order valence-electron chi connectivity index (χ2n) is 11.3. The standard InChI is InChI=1S/C31H38N8/c1-20(2)16-17-33-25-13-10-21-11-15-26(18-23(21)12-14-25)34-31-35-30(32)39(38-31)28-19-24-8-5-7-22-6-3-4-9-27(22)29(24)37-36-28/h3-4,6,9,11,15,18-20,25,33H,5,7-8,10,12-14,16-17H2,1-2H3,(H3,32,34,35,38)/t25-/m1/s1. The van der Waals surface area contributed by atoms with Crippen LogP contribution in [0, 0.1) is 5.92 Å². The molecule has 2 aliphatic carbocycles. The number of aryl methyl sites for hydroxylation is 4. The molecule has 2 aromatic heterocycles. The van der Waals surface area contributed by atoms with E-state index in [9.17, 15) is 0 Å². The zero-order valence-electron chi connectivity index (χ0n) is 23.0. The lowest BCUT2D eigenvalue weighted by atomic mass is 10.0. The first kappa shape index (κ1) is 25.5. The molecule has 2 aliphatic rings. The van der Waals surface area contributed by atoms with Crippen molar-refractivity contribution >= 4 is 17.6 Å². The highest BCUT2D eigenvalue weighted by Gasteiger charge is 2.20. The first-order chi connectivity index (χ1) is 19.0. The number of hydrogen-bond acceptors (Lipinski definition) is 7. The number of anilines is 3. The number of nitrogens with two attached hydrogens (primary N) is 1. The summed E-state index contributed by atoms with van der Waals surface area (Å²) in [4.78, 5) is 4.48. The van der Waals surface area contributed by atoms with E-state index in [2.05, 4.69) is 87.2 Å². The van der Waals surface area contributed by atoms with Crippen molar-refractivity contribution in [1.82, 2.24) is 30.3 Å². The van der Waals surface area contributed by atoms with Gasteiger partial charge in [0.1, 0.15) is 0 Å². The van der Waals surface area contributed by atoms with E-state index >= 15 is 0 Å². The maximum Gasteiger partial charge on any atom is 0.248 e. The summed E-state index contributed by atoms with van der Waals surface area (Å²) in [5.74, 6) is 2.06. The van der Waals surface area contributed by atoms with Crippen LogP contribution in [0.3, 0.4) is 0 Å². The van der Waals surface area contributed by atoms with Crippen LogP contribution in [0.25, 0.3) is 17.1 Å². The zero-order valence-corrected chi connectivity index (χ0v) is 23.0. The molecule has 0 saturated carbocycles. The molecule has 4 N–H and O–H groups in total. The Morgan fingerprint density at radius 2 is 1.74 bits per heavy atom. The van der Waals surface area contributed by atoms with Crippen LogP contribution in [-0.2, 0) is 25.7 Å². The predicted octanol–water partition coefficient (Wildman–Crippen LogP) is 5.42. The Hall–Kier alpha value is -3.78. The van der Waals surface area contributed by atoms with Gasteiger partial charge in [-0.25, -0.2) is 0 Å². The van der Waals surface area contributed by atoms with E-state index in [4.69, 9.17) is 5.73 Å². The van der Waals surface area contributed by atoms with Gasteiger partial charge in [-0.05, 0) is 104 Å². The van der Waals surface area contributed by atoms with Gasteiger partial charge in [0.15, 0.2) is 5.82 Å². The molecule has 8 nitrogen and oxygen atoms in total. The van der Waals surface area contributed by atoms with E-state index in [1.54, 1.807) is 4.68 Å². The molecule has 0 amide bonds. The van der Waals surface area contributed by atoms with E-state index in [1.807, 2.05) is 6.07 Å². The molecule has 1 atom stereocenters. The van der Waals surface area contributed by atoms with Crippen molar-refractivity contribution < 1.29 is 0 Å². The summed E-state index contributed by atoms with van der Waals surface area (Å²) in [5.41, 5.74) is 14.7. The Kier molecular flexibility index (Phi) is 7.28. The van der Waals surface area contributed by atoms with E-state index in [0.717, 1.165) is 67.9 Å². The molecule has 2 aromatic carbocycles. The molecule has 202 valence electrons. The maximum absolute atomic E-state index is 6.29. The molecule has 0 spiro atoms. The van der Waals surface area contributed by atoms with Crippen molar-refractivity contribution in [2.75, 3.05) is 17.6 Å². The second-order valence-corrected chi connectivity index (χ2v) is 11.3. The quantitative estimate of drug-likeness (QED) is 0.278. The van der Waals surface area contributed by atoms with Crippen molar-refractivity contribution in [2.45, 2.75) is 71.3 Å². The van der Waals surface area contributed by atoms with Gasteiger partial charge < -0.3 is 16.4 Å². The van der Waals surface area contributed by atoms with Gasteiger partial charge in [-0.15, -0.1) is 15.3 Å². The van der Waals surface area contributed by atoms with Crippen molar-refractivity contribution in [3.63, 3.8) is 0 Å². The molecule has 0 saturated heterocycles. The highest BCUT2D eigenvalue weighted by molar-refractivity contribution is 5.68. The summed E-state index contributed by atoms with van der Waals surface area (Å²) in [5, 5.41) is 20.9. The van der Waals surface area contributed by atoms with Crippen LogP contribution >= 0.6 is 0 Å². The molecule has 0 bridgehead atoms. The summed E-state index contributed by atoms with van der Waals surface area (Å²) >= 11 is 0. The number of nitrogen functional groups attached to an aromatic ring is 1. The number of rotatable bonds is 7. The lowest BCUT2D eigenvalue weighted by Crippen LogP contribution is -2.30. The summed E-state index contributed by atoms with van der Waals surface area (Å²) in [6.07, 6.45) is 8.81. The molecule has 0 radical (unpaired) electrons. The molecular formula is C31H38N8. The largest absolute Gasteiger partial charge is 0.368 e. The first-order valence-corrected chi connectivity index (χ1v) is 14.3. The number of hydrogen-bond donors (Lipinski definition) is 3. The van der Waals surface area contributed by atoms with Gasteiger partial charge in [0.05, 0.1) is 5.69 Å². The third-order valence-corrected chi connectivity index (χ3v) is 8.02. The fourth-order valence-electron chi connectivity index (χ4n) is 5.82. The molecule has 6 rings (SSSR count). The van der Waals surface area contributed by atoms with Crippen LogP contribution in [0.1, 0.15) is 61.8 Å². The number of benzene rings is 2. The van der Waals surface area contributed by atoms with E-state index in [1.165, 1.54) is 35.1 Å². The van der Waals surface area contributed by atoms with Gasteiger partial charge in [0.2, 0.25) is 11.9 Å². The Morgan fingerprint density at radius 1 is 0.923 bits per heavy atom. The van der Waals surface area contributed by atoms with Gasteiger partial charge in [-0.3, -0.25) is 0 Å². The van der Waals surface area contributed by atoms with Crippen LogP contribution < -0.4 is 16.4 Å². The molecule has 4 aromatic rings. The minimum absolute atomic E-state index is 0.283. The fraction of sp³-hybridized carbons (Fsp3) is 0.419. The molecule has 2 heterocycles. The second kappa shape index (κ2) is 11.1. The average molecular weight is 523 g/mol. The van der Waals surface area contributed by atoms with Crippen LogP contribution in [0.5, 0.6) is 0 Å². The van der Waals surface area contributed by atoms with Gasteiger partial charge in [0, 0.05) is 17.3 Å². The minimum Gasteiger partial charge on any atom is -0.368 e. The van der Waals surface area contributed by atoms with E-state index in [0.29, 0.717) is 17.8 Å². The molecular weight excluding hydrogens is 484 g/mol. The Bertz CT molecular complexity index is 1460. The monoisotopic (exact) mass is 522 g/mol. The lowest BCUT2D eigenvalue weighted by Gasteiger charge is -2.16. The fourth-order valence-corrected chi connectivity index (χ4v) is 5.82. The number of nitrogens with zero attached hydrogens (tertiary/aromatic N) is 5. The Balaban J connectivity index is 1.17. The number of aromatic nitrogens is 5. The topological polar surface area (TPSA) is 107 Å². The van der Waals surface area contributed by atoms with Crippen LogP contribution in [0.2, 0.25) is 0 Å². The highest BCUT2D eigenvalue weighted by atomic mass is 15.4. The van der Waals surface area contributed by atoms with Gasteiger partial charge in [-0.1, -0.05) is 44.2 Å². The van der Waals surface area contributed by atoms with E-state index < -0.39 is 0 Å². The lowest BCUT2D eigenvalue weighted by molar-refractivity contribution is 0.435. The molecule has 0 aliphatic heterocycles. The minimum atomic E-state index is 0.283. The Morgan fingerprint density at radius 3 is 2.62 bits per heavy atom. The van der Waals surface area contributed by atoms with Crippen LogP contribution in [0.15, 0.2) is 48.5 Å². The summed E-state index contributed by atoms with van der Waals surface area (Å²) in [7, 11) is 0. The smallest absolute Gasteiger partial charge is 0.248 e. The third kappa shape index (κ3) is 5.66. The first-order valence-electron chi connectivity index (χ1n) is 14.3. The highest BCUT2D eigenvalue weighted by Crippen LogP contribution is 2.31. The predicted molar refractivity (Wildman–Crippen MR) is 156 cm³/mol. The SMILES string of the molecule is CC(C)CCN[C@@H]1CCc2ccc(Nc3nc(N)n(-c4cc5c(nn4)-c4ccccc4CCC5)n3)cc2CC1. The number of fused-ring (bicyclic) bond motifs is 4. The van der Waals surface area contributed by atoms with Gasteiger partial charge in [0.25, 0.3) is 0 Å². The molecule has 0 fully saturated rings.